The van der Waals surface area contributed by atoms with Crippen LogP contribution in [0, 0.1) is 0 Å². The molecule has 0 saturated carbocycles. The summed E-state index contributed by atoms with van der Waals surface area (Å²) in [5, 5.41) is 2.26. The van der Waals surface area contributed by atoms with Gasteiger partial charge in [0.15, 0.2) is 0 Å². The van der Waals surface area contributed by atoms with Crippen molar-refractivity contribution in [3.8, 4) is 61.6 Å². The van der Waals surface area contributed by atoms with Crippen LogP contribution in [0.25, 0.3) is 94.6 Å². The van der Waals surface area contributed by atoms with Gasteiger partial charge in [-0.15, -0.1) is 0 Å². The van der Waals surface area contributed by atoms with E-state index in [0.717, 1.165) is 66.7 Å². The number of aromatic nitrogens is 2. The minimum Gasteiger partial charge on any atom is -0.455 e. The standard InChI is InChI=1S/C43H26N2O/c1-2-12-28(13-3-1)45-39-20-10-9-19-38(39)44-43(45)27-22-23-32-30-15-5-4-14-29(30)31-16-6-7-18-34(31)41-35(37(32)26-27)24-25-36-33-17-8-11-21-40(33)46-42(36)41/h1-26H. The zero-order valence-corrected chi connectivity index (χ0v) is 24.8. The lowest BCUT2D eigenvalue weighted by Gasteiger charge is -2.23. The van der Waals surface area contributed by atoms with Crippen molar-refractivity contribution in [1.29, 1.82) is 0 Å². The average molecular weight is 587 g/mol. The monoisotopic (exact) mass is 586 g/mol. The van der Waals surface area contributed by atoms with Crippen LogP contribution in [0.15, 0.2) is 162 Å². The molecule has 2 heterocycles. The van der Waals surface area contributed by atoms with E-state index in [9.17, 15) is 0 Å². The molecule has 0 saturated heterocycles. The molecule has 0 bridgehead atoms. The van der Waals surface area contributed by atoms with Crippen molar-refractivity contribution in [3.05, 3.63) is 158 Å². The summed E-state index contributed by atoms with van der Waals surface area (Å²) in [6, 6.07) is 56.1. The molecule has 46 heavy (non-hydrogen) atoms. The molecule has 0 N–H and O–H groups in total. The minimum absolute atomic E-state index is 0.899. The fourth-order valence-corrected chi connectivity index (χ4v) is 7.37. The predicted molar refractivity (Wildman–Crippen MR) is 189 cm³/mol. The summed E-state index contributed by atoms with van der Waals surface area (Å²) in [6.07, 6.45) is 0. The Bertz CT molecular complexity index is 2640. The molecule has 1 aliphatic rings. The maximum absolute atomic E-state index is 6.72. The third kappa shape index (κ3) is 3.57. The molecule has 214 valence electrons. The number of fused-ring (bicyclic) bond motifs is 13. The van der Waals surface area contributed by atoms with Gasteiger partial charge in [-0.1, -0.05) is 115 Å². The number of nitrogens with zero attached hydrogens (tertiary/aromatic N) is 2. The largest absolute Gasteiger partial charge is 0.455 e. The summed E-state index contributed by atoms with van der Waals surface area (Å²) in [4.78, 5) is 5.21. The maximum atomic E-state index is 6.72. The summed E-state index contributed by atoms with van der Waals surface area (Å²) in [7, 11) is 0. The third-order valence-electron chi connectivity index (χ3n) is 9.39. The Labute approximate surface area is 265 Å². The van der Waals surface area contributed by atoms with Crippen LogP contribution in [0.2, 0.25) is 0 Å². The van der Waals surface area contributed by atoms with Crippen LogP contribution in [-0.2, 0) is 0 Å². The lowest BCUT2D eigenvalue weighted by molar-refractivity contribution is 0.670. The maximum Gasteiger partial charge on any atom is 0.145 e. The summed E-state index contributed by atoms with van der Waals surface area (Å²) < 4.78 is 8.99. The fraction of sp³-hybridized carbons (Fsp3) is 0. The lowest BCUT2D eigenvalue weighted by atomic mass is 9.80. The zero-order chi connectivity index (χ0) is 30.2. The van der Waals surface area contributed by atoms with Crippen LogP contribution in [0.3, 0.4) is 0 Å². The molecule has 0 fully saturated rings. The van der Waals surface area contributed by atoms with Crippen LogP contribution < -0.4 is 0 Å². The van der Waals surface area contributed by atoms with Gasteiger partial charge >= 0.3 is 0 Å². The van der Waals surface area contributed by atoms with Gasteiger partial charge in [0, 0.05) is 27.6 Å². The highest BCUT2D eigenvalue weighted by Crippen LogP contribution is 2.51. The number of hydrogen-bond donors (Lipinski definition) is 0. The molecule has 1 aliphatic carbocycles. The van der Waals surface area contributed by atoms with E-state index in [1.807, 2.05) is 6.07 Å². The topological polar surface area (TPSA) is 31.0 Å². The number of imidazole rings is 1. The van der Waals surface area contributed by atoms with Crippen molar-refractivity contribution in [2.45, 2.75) is 0 Å². The van der Waals surface area contributed by atoms with Gasteiger partial charge in [0.1, 0.15) is 17.0 Å². The van der Waals surface area contributed by atoms with E-state index in [2.05, 4.69) is 156 Å². The van der Waals surface area contributed by atoms with Crippen molar-refractivity contribution in [2.24, 2.45) is 0 Å². The molecule has 9 aromatic rings. The van der Waals surface area contributed by atoms with Crippen LogP contribution in [0.5, 0.6) is 0 Å². The van der Waals surface area contributed by atoms with E-state index in [4.69, 9.17) is 9.40 Å². The predicted octanol–water partition coefficient (Wildman–Crippen LogP) is 11.6. The molecular formula is C43H26N2O. The first-order valence-electron chi connectivity index (χ1n) is 15.6. The van der Waals surface area contributed by atoms with Gasteiger partial charge in [-0.2, -0.15) is 0 Å². The Morgan fingerprint density at radius 3 is 1.91 bits per heavy atom. The quantitative estimate of drug-likeness (QED) is 0.202. The Kier molecular flexibility index (Phi) is 5.28. The Morgan fingerprint density at radius 1 is 0.457 bits per heavy atom. The van der Waals surface area contributed by atoms with Gasteiger partial charge in [0.25, 0.3) is 0 Å². The second-order valence-electron chi connectivity index (χ2n) is 11.9. The molecule has 0 atom stereocenters. The second kappa shape index (κ2) is 9.65. The highest BCUT2D eigenvalue weighted by atomic mass is 16.3. The van der Waals surface area contributed by atoms with E-state index in [1.165, 1.54) is 27.8 Å². The Morgan fingerprint density at radius 2 is 1.09 bits per heavy atom. The second-order valence-corrected chi connectivity index (χ2v) is 11.9. The van der Waals surface area contributed by atoms with E-state index < -0.39 is 0 Å². The first kappa shape index (κ1) is 25.2. The molecule has 3 nitrogen and oxygen atoms in total. The molecule has 0 amide bonds. The van der Waals surface area contributed by atoms with Gasteiger partial charge in [0.2, 0.25) is 0 Å². The smallest absolute Gasteiger partial charge is 0.145 e. The lowest BCUT2D eigenvalue weighted by Crippen LogP contribution is -2.00. The molecule has 0 aliphatic heterocycles. The van der Waals surface area contributed by atoms with Crippen LogP contribution in [-0.4, -0.2) is 9.55 Å². The van der Waals surface area contributed by atoms with Crippen LogP contribution in [0.1, 0.15) is 0 Å². The van der Waals surface area contributed by atoms with Crippen LogP contribution >= 0.6 is 0 Å². The molecule has 3 heteroatoms. The van der Waals surface area contributed by atoms with Gasteiger partial charge in [-0.3, -0.25) is 4.57 Å². The molecule has 0 radical (unpaired) electrons. The SMILES string of the molecule is c1ccc(-n2c(-c3ccc4c(c3)-c3ccc5c(oc6ccccc65)c3-c3ccccc3-c3ccccc3-4)nc3ccccc32)cc1. The molecular weight excluding hydrogens is 560 g/mol. The number of furan rings is 1. The summed E-state index contributed by atoms with van der Waals surface area (Å²) in [5.41, 5.74) is 15.4. The van der Waals surface area contributed by atoms with Crippen molar-refractivity contribution in [1.82, 2.24) is 9.55 Å². The normalized spacial score (nSPS) is 11.9. The zero-order valence-electron chi connectivity index (χ0n) is 24.8. The van der Waals surface area contributed by atoms with Crippen LogP contribution in [0.4, 0.5) is 0 Å². The average Bonchev–Trinajstić information content (AvgIpc) is 3.70. The molecule has 0 unspecified atom stereocenters. The summed E-state index contributed by atoms with van der Waals surface area (Å²) in [6.45, 7) is 0. The van der Waals surface area contributed by atoms with Gasteiger partial charge in [0.05, 0.1) is 11.0 Å². The highest BCUT2D eigenvalue weighted by Gasteiger charge is 2.26. The molecule has 7 aromatic carbocycles. The first-order chi connectivity index (χ1) is 22.8. The Balaban J connectivity index is 1.33. The fourth-order valence-electron chi connectivity index (χ4n) is 7.37. The Hall–Kier alpha value is -6.19. The van der Waals surface area contributed by atoms with Gasteiger partial charge in [-0.05, 0) is 81.4 Å². The number of rotatable bonds is 2. The molecule has 2 aromatic heterocycles. The van der Waals surface area contributed by atoms with E-state index in [0.29, 0.717) is 0 Å². The number of para-hydroxylation sites is 4. The summed E-state index contributed by atoms with van der Waals surface area (Å²) >= 11 is 0. The minimum atomic E-state index is 0.899. The number of hydrogen-bond acceptors (Lipinski definition) is 2. The van der Waals surface area contributed by atoms with Gasteiger partial charge in [-0.25, -0.2) is 4.98 Å². The van der Waals surface area contributed by atoms with E-state index in [-0.39, 0.29) is 0 Å². The first-order valence-corrected chi connectivity index (χ1v) is 15.6. The van der Waals surface area contributed by atoms with Crippen molar-refractivity contribution in [2.75, 3.05) is 0 Å². The van der Waals surface area contributed by atoms with E-state index in [1.54, 1.807) is 0 Å². The molecule has 10 rings (SSSR count). The number of benzene rings is 7. The van der Waals surface area contributed by atoms with E-state index >= 15 is 0 Å². The summed E-state index contributed by atoms with van der Waals surface area (Å²) in [5.74, 6) is 0.914. The van der Waals surface area contributed by atoms with Crippen molar-refractivity contribution in [3.63, 3.8) is 0 Å². The highest BCUT2D eigenvalue weighted by molar-refractivity contribution is 6.16. The third-order valence-corrected chi connectivity index (χ3v) is 9.39. The van der Waals surface area contributed by atoms with Crippen molar-refractivity contribution < 1.29 is 4.42 Å². The van der Waals surface area contributed by atoms with Gasteiger partial charge < -0.3 is 4.42 Å². The molecule has 0 spiro atoms. The van der Waals surface area contributed by atoms with Crippen molar-refractivity contribution >= 4 is 33.0 Å².